The molecule has 2 rings (SSSR count). The number of rotatable bonds is 9. The van der Waals surface area contributed by atoms with Gasteiger partial charge in [-0.15, -0.1) is 0 Å². The summed E-state index contributed by atoms with van der Waals surface area (Å²) in [7, 11) is -3.39. The molecule has 0 spiro atoms. The van der Waals surface area contributed by atoms with Gasteiger partial charge in [0.05, 0.1) is 23.9 Å². The number of morpholine rings is 1. The van der Waals surface area contributed by atoms with Gasteiger partial charge in [-0.05, 0) is 18.6 Å². The lowest BCUT2D eigenvalue weighted by Crippen LogP contribution is -2.46. The maximum atomic E-state index is 12.4. The van der Waals surface area contributed by atoms with Crippen molar-refractivity contribution in [3.8, 4) is 0 Å². The third-order valence-corrected chi connectivity index (χ3v) is 6.03. The van der Waals surface area contributed by atoms with Gasteiger partial charge >= 0.3 is 6.03 Å². The Morgan fingerprint density at radius 3 is 2.54 bits per heavy atom. The van der Waals surface area contributed by atoms with Crippen LogP contribution in [-0.2, 0) is 14.6 Å². The summed E-state index contributed by atoms with van der Waals surface area (Å²) in [6, 6.07) is 8.15. The molecule has 0 atom stereocenters. The fourth-order valence-corrected chi connectivity index (χ4v) is 4.09. The Morgan fingerprint density at radius 1 is 1.19 bits per heavy atom. The molecule has 0 saturated carbocycles. The highest BCUT2D eigenvalue weighted by Crippen LogP contribution is 2.10. The van der Waals surface area contributed by atoms with Crippen molar-refractivity contribution < 1.29 is 17.9 Å². The fraction of sp³-hybridized carbons (Fsp3) is 0.611. The second-order valence-electron chi connectivity index (χ2n) is 6.30. The number of sulfone groups is 1. The molecule has 1 N–H and O–H groups in total. The molecule has 1 aromatic carbocycles. The second-order valence-corrected chi connectivity index (χ2v) is 8.41. The van der Waals surface area contributed by atoms with Crippen molar-refractivity contribution in [3.05, 3.63) is 30.3 Å². The van der Waals surface area contributed by atoms with Crippen molar-refractivity contribution in [1.29, 1.82) is 0 Å². The molecule has 0 aromatic heterocycles. The van der Waals surface area contributed by atoms with Crippen LogP contribution in [0.1, 0.15) is 13.3 Å². The molecule has 0 bridgehead atoms. The largest absolute Gasteiger partial charge is 0.379 e. The minimum atomic E-state index is -3.39. The number of nitrogens with zero attached hydrogens (tertiary/aromatic N) is 2. The van der Waals surface area contributed by atoms with Gasteiger partial charge in [-0.2, -0.15) is 0 Å². The summed E-state index contributed by atoms with van der Waals surface area (Å²) in [6.45, 7) is 7.23. The summed E-state index contributed by atoms with van der Waals surface area (Å²) < 4.78 is 30.1. The zero-order valence-corrected chi connectivity index (χ0v) is 16.2. The lowest BCUT2D eigenvalue weighted by atomic mass is 10.4. The number of hydrogen-bond acceptors (Lipinski definition) is 5. The van der Waals surface area contributed by atoms with E-state index < -0.39 is 9.84 Å². The molecule has 1 aliphatic heterocycles. The summed E-state index contributed by atoms with van der Waals surface area (Å²) in [5, 5.41) is 2.90. The monoisotopic (exact) mass is 383 g/mol. The van der Waals surface area contributed by atoms with Crippen molar-refractivity contribution in [2.24, 2.45) is 0 Å². The van der Waals surface area contributed by atoms with E-state index in [1.165, 1.54) is 0 Å². The molecule has 1 aliphatic rings. The Labute approximate surface area is 156 Å². The van der Waals surface area contributed by atoms with Crippen LogP contribution in [-0.4, -0.2) is 82.5 Å². The highest BCUT2D eigenvalue weighted by Gasteiger charge is 2.19. The summed E-state index contributed by atoms with van der Waals surface area (Å²) in [5.41, 5.74) is 0. The van der Waals surface area contributed by atoms with Crippen molar-refractivity contribution in [3.63, 3.8) is 0 Å². The van der Waals surface area contributed by atoms with Crippen LogP contribution in [0.25, 0.3) is 0 Å². The first-order chi connectivity index (χ1) is 12.5. The topological polar surface area (TPSA) is 79.0 Å². The van der Waals surface area contributed by atoms with E-state index in [1.807, 2.05) is 6.92 Å². The molecule has 1 aromatic rings. The number of nitrogens with one attached hydrogen (secondary N) is 1. The molecule has 26 heavy (non-hydrogen) atoms. The summed E-state index contributed by atoms with van der Waals surface area (Å²) in [6.07, 6.45) is 0.780. The molecule has 8 heteroatoms. The van der Waals surface area contributed by atoms with Crippen molar-refractivity contribution >= 4 is 15.9 Å². The third-order valence-electron chi connectivity index (χ3n) is 4.32. The second kappa shape index (κ2) is 10.5. The van der Waals surface area contributed by atoms with Gasteiger partial charge in [0.15, 0.2) is 9.84 Å². The molecule has 1 heterocycles. The van der Waals surface area contributed by atoms with Crippen LogP contribution >= 0.6 is 0 Å². The Bertz CT molecular complexity index is 646. The Kier molecular flexibility index (Phi) is 8.34. The molecule has 7 nitrogen and oxygen atoms in total. The van der Waals surface area contributed by atoms with Gasteiger partial charge in [-0.25, -0.2) is 13.2 Å². The fourth-order valence-electron chi connectivity index (χ4n) is 2.82. The average Bonchev–Trinajstić information content (AvgIpc) is 2.66. The van der Waals surface area contributed by atoms with Crippen LogP contribution in [0.5, 0.6) is 0 Å². The first kappa shape index (κ1) is 20.7. The highest BCUT2D eigenvalue weighted by molar-refractivity contribution is 7.91. The molecule has 0 radical (unpaired) electrons. The zero-order chi connectivity index (χ0) is 18.8. The molecule has 2 amide bonds. The predicted octanol–water partition coefficient (Wildman–Crippen LogP) is 1.21. The van der Waals surface area contributed by atoms with Crippen LogP contribution in [0.2, 0.25) is 0 Å². The lowest BCUT2D eigenvalue weighted by Gasteiger charge is -2.27. The molecule has 1 saturated heterocycles. The molecule has 0 unspecified atom stereocenters. The Hall–Kier alpha value is -1.64. The van der Waals surface area contributed by atoms with E-state index in [0.29, 0.717) is 18.0 Å². The first-order valence-electron chi connectivity index (χ1n) is 9.13. The van der Waals surface area contributed by atoms with Gasteiger partial charge in [0, 0.05) is 39.3 Å². The number of ether oxygens (including phenoxy) is 1. The third kappa shape index (κ3) is 6.59. The maximum absolute atomic E-state index is 12.4. The molecular formula is C18H29N3O4S. The number of hydrogen-bond donors (Lipinski definition) is 1. The quantitative estimate of drug-likeness (QED) is 0.694. The SMILES string of the molecule is CCCN(CCS(=O)(=O)c1ccccc1)C(=O)NCCN1CCOCC1. The van der Waals surface area contributed by atoms with Crippen molar-refractivity contribution in [1.82, 2.24) is 15.1 Å². The van der Waals surface area contributed by atoms with Gasteiger partial charge in [-0.3, -0.25) is 4.90 Å². The van der Waals surface area contributed by atoms with E-state index in [9.17, 15) is 13.2 Å². The van der Waals surface area contributed by atoms with E-state index in [-0.39, 0.29) is 18.3 Å². The van der Waals surface area contributed by atoms with Gasteiger partial charge in [0.2, 0.25) is 0 Å². The summed E-state index contributed by atoms with van der Waals surface area (Å²) >= 11 is 0. The summed E-state index contributed by atoms with van der Waals surface area (Å²) in [4.78, 5) is 16.5. The van der Waals surface area contributed by atoms with Crippen LogP contribution in [0.4, 0.5) is 4.79 Å². The Balaban J connectivity index is 1.81. The average molecular weight is 384 g/mol. The number of carbonyl (C=O) groups is 1. The predicted molar refractivity (Wildman–Crippen MR) is 101 cm³/mol. The number of urea groups is 1. The van der Waals surface area contributed by atoms with Gasteiger partial charge < -0.3 is 15.0 Å². The molecule has 1 fully saturated rings. The van der Waals surface area contributed by atoms with Gasteiger partial charge in [-0.1, -0.05) is 25.1 Å². The minimum Gasteiger partial charge on any atom is -0.379 e. The zero-order valence-electron chi connectivity index (χ0n) is 15.4. The first-order valence-corrected chi connectivity index (χ1v) is 10.8. The Morgan fingerprint density at radius 2 is 1.88 bits per heavy atom. The van der Waals surface area contributed by atoms with Crippen LogP contribution in [0, 0.1) is 0 Å². The number of amides is 2. The normalized spacial score (nSPS) is 15.6. The minimum absolute atomic E-state index is 0.0755. The van der Waals surface area contributed by atoms with Gasteiger partial charge in [0.25, 0.3) is 0 Å². The maximum Gasteiger partial charge on any atom is 0.317 e. The lowest BCUT2D eigenvalue weighted by molar-refractivity contribution is 0.0386. The standard InChI is InChI=1S/C18H29N3O4S/c1-2-9-21(13-16-26(23,24)17-6-4-3-5-7-17)18(22)19-8-10-20-11-14-25-15-12-20/h3-7H,2,8-16H2,1H3,(H,19,22). The van der Waals surface area contributed by atoms with Crippen LogP contribution in [0.3, 0.4) is 0 Å². The molecule has 0 aliphatic carbocycles. The van der Waals surface area contributed by atoms with Crippen LogP contribution < -0.4 is 5.32 Å². The number of benzene rings is 1. The van der Waals surface area contributed by atoms with E-state index in [2.05, 4.69) is 10.2 Å². The number of carbonyl (C=O) groups excluding carboxylic acids is 1. The van der Waals surface area contributed by atoms with Gasteiger partial charge in [0.1, 0.15) is 0 Å². The smallest absolute Gasteiger partial charge is 0.317 e. The van der Waals surface area contributed by atoms with Crippen LogP contribution in [0.15, 0.2) is 35.2 Å². The van der Waals surface area contributed by atoms with E-state index >= 15 is 0 Å². The van der Waals surface area contributed by atoms with E-state index in [4.69, 9.17) is 4.74 Å². The molecule has 146 valence electrons. The van der Waals surface area contributed by atoms with E-state index in [0.717, 1.165) is 39.3 Å². The highest BCUT2D eigenvalue weighted by atomic mass is 32.2. The van der Waals surface area contributed by atoms with Crippen molar-refractivity contribution in [2.45, 2.75) is 18.2 Å². The van der Waals surface area contributed by atoms with E-state index in [1.54, 1.807) is 35.2 Å². The summed E-state index contributed by atoms with van der Waals surface area (Å²) in [5.74, 6) is -0.0755. The van der Waals surface area contributed by atoms with Crippen molar-refractivity contribution in [2.75, 3.05) is 58.2 Å². The molecular weight excluding hydrogens is 354 g/mol.